The quantitative estimate of drug-likeness (QED) is 0.293. The highest BCUT2D eigenvalue weighted by atomic mass is 35.5. The summed E-state index contributed by atoms with van der Waals surface area (Å²) in [6, 6.07) is 15.0. The van der Waals surface area contributed by atoms with E-state index in [2.05, 4.69) is 15.4 Å². The van der Waals surface area contributed by atoms with Crippen LogP contribution in [0.3, 0.4) is 0 Å². The maximum atomic E-state index is 13.3. The Morgan fingerprint density at radius 2 is 1.88 bits per heavy atom. The fraction of sp³-hybridized carbons (Fsp3) is 0.250. The summed E-state index contributed by atoms with van der Waals surface area (Å²) in [5, 5.41) is 8.43. The van der Waals surface area contributed by atoms with Gasteiger partial charge in [-0.1, -0.05) is 60.6 Å². The number of thioether (sulfide) groups is 1. The van der Waals surface area contributed by atoms with Gasteiger partial charge < -0.3 is 5.32 Å². The number of nitrogens with zero attached hydrogens (tertiary/aromatic N) is 4. The largest absolute Gasteiger partial charge is 0.325 e. The number of benzene rings is 2. The minimum absolute atomic E-state index is 0.124. The number of hydrogen-bond acceptors (Lipinski definition) is 5. The first-order valence-electron chi connectivity index (χ1n) is 10.7. The van der Waals surface area contributed by atoms with Gasteiger partial charge in [0, 0.05) is 17.3 Å². The average Bonchev–Trinajstić information content (AvgIpc) is 3.25. The number of amides is 1. The van der Waals surface area contributed by atoms with Gasteiger partial charge in [-0.2, -0.15) is 5.10 Å². The van der Waals surface area contributed by atoms with Crippen LogP contribution in [-0.4, -0.2) is 31.0 Å². The summed E-state index contributed by atoms with van der Waals surface area (Å²) in [6.07, 6.45) is 2.58. The number of nitrogens with one attached hydrogen (secondary N) is 1. The van der Waals surface area contributed by atoms with E-state index in [1.807, 2.05) is 50.2 Å². The second-order valence-corrected chi connectivity index (χ2v) is 8.86. The number of para-hydroxylation sites is 1. The van der Waals surface area contributed by atoms with Crippen LogP contribution in [0.4, 0.5) is 5.69 Å². The van der Waals surface area contributed by atoms with E-state index in [0.717, 1.165) is 23.2 Å². The molecular weight excluding hydrogens is 458 g/mol. The Balaban J connectivity index is 1.62. The Morgan fingerprint density at radius 3 is 2.61 bits per heavy atom. The van der Waals surface area contributed by atoms with E-state index < -0.39 is 0 Å². The number of aromatic nitrogens is 4. The molecule has 9 heteroatoms. The van der Waals surface area contributed by atoms with Crippen molar-refractivity contribution in [2.75, 3.05) is 11.1 Å². The van der Waals surface area contributed by atoms with Crippen molar-refractivity contribution in [3.8, 4) is 0 Å². The molecule has 0 fully saturated rings. The van der Waals surface area contributed by atoms with Crippen molar-refractivity contribution in [2.45, 2.75) is 38.5 Å². The van der Waals surface area contributed by atoms with Crippen molar-refractivity contribution < 1.29 is 4.79 Å². The van der Waals surface area contributed by atoms with Gasteiger partial charge in [0.05, 0.1) is 18.5 Å². The molecule has 2 aromatic heterocycles. The molecule has 4 rings (SSSR count). The molecule has 0 atom stereocenters. The number of fused-ring (bicyclic) bond motifs is 1. The molecule has 0 saturated heterocycles. The number of aryl methyl sites for hydroxylation is 2. The van der Waals surface area contributed by atoms with Gasteiger partial charge in [0.15, 0.2) is 10.7 Å². The van der Waals surface area contributed by atoms with Crippen LogP contribution in [0.25, 0.3) is 11.0 Å². The van der Waals surface area contributed by atoms with E-state index in [0.29, 0.717) is 34.3 Å². The molecule has 0 spiro atoms. The first-order chi connectivity index (χ1) is 16.0. The first kappa shape index (κ1) is 23.1. The molecule has 0 bridgehead atoms. The van der Waals surface area contributed by atoms with Crippen molar-refractivity contribution in [3.63, 3.8) is 0 Å². The number of hydrogen-bond donors (Lipinski definition) is 1. The van der Waals surface area contributed by atoms with Crippen molar-refractivity contribution in [1.29, 1.82) is 0 Å². The van der Waals surface area contributed by atoms with Crippen molar-refractivity contribution in [3.05, 3.63) is 81.2 Å². The van der Waals surface area contributed by atoms with Gasteiger partial charge in [0.2, 0.25) is 5.91 Å². The minimum Gasteiger partial charge on any atom is -0.325 e. The molecule has 0 unspecified atom stereocenters. The van der Waals surface area contributed by atoms with Gasteiger partial charge >= 0.3 is 0 Å². The first-order valence-corrected chi connectivity index (χ1v) is 12.1. The van der Waals surface area contributed by atoms with Gasteiger partial charge in [0.1, 0.15) is 5.52 Å². The summed E-state index contributed by atoms with van der Waals surface area (Å²) >= 11 is 7.24. The van der Waals surface area contributed by atoms with Gasteiger partial charge in [-0.15, -0.1) is 0 Å². The lowest BCUT2D eigenvalue weighted by molar-refractivity contribution is -0.113. The lowest BCUT2D eigenvalue weighted by atomic mass is 10.1. The van der Waals surface area contributed by atoms with Crippen LogP contribution in [0.1, 0.15) is 25.0 Å². The molecule has 0 aliphatic rings. The molecule has 4 aromatic rings. The molecule has 7 nitrogen and oxygen atoms in total. The zero-order valence-electron chi connectivity index (χ0n) is 18.4. The molecule has 0 saturated carbocycles. The van der Waals surface area contributed by atoms with Crippen LogP contribution < -0.4 is 10.9 Å². The zero-order valence-corrected chi connectivity index (χ0v) is 20.0. The van der Waals surface area contributed by atoms with Crippen LogP contribution >= 0.6 is 23.4 Å². The monoisotopic (exact) mass is 481 g/mol. The van der Waals surface area contributed by atoms with Crippen molar-refractivity contribution in [2.24, 2.45) is 0 Å². The Kier molecular flexibility index (Phi) is 7.15. The normalized spacial score (nSPS) is 11.1. The molecular formula is C24H24ClN5O2S. The molecule has 2 aromatic carbocycles. The summed E-state index contributed by atoms with van der Waals surface area (Å²) in [5.41, 5.74) is 3.38. The van der Waals surface area contributed by atoms with E-state index in [-0.39, 0.29) is 17.2 Å². The van der Waals surface area contributed by atoms with Crippen molar-refractivity contribution >= 4 is 46.0 Å². The third-order valence-electron chi connectivity index (χ3n) is 5.22. The summed E-state index contributed by atoms with van der Waals surface area (Å²) < 4.78 is 3.25. The van der Waals surface area contributed by atoms with Crippen LogP contribution in [0.2, 0.25) is 5.02 Å². The number of anilines is 1. The lowest BCUT2D eigenvalue weighted by Crippen LogP contribution is -2.25. The Hall–Kier alpha value is -3.10. The zero-order chi connectivity index (χ0) is 23.4. The molecule has 0 radical (unpaired) electrons. The molecule has 0 aliphatic carbocycles. The van der Waals surface area contributed by atoms with Gasteiger partial charge in [-0.05, 0) is 42.7 Å². The van der Waals surface area contributed by atoms with E-state index in [1.165, 1.54) is 11.8 Å². The predicted molar refractivity (Wildman–Crippen MR) is 133 cm³/mol. The van der Waals surface area contributed by atoms with Crippen molar-refractivity contribution in [1.82, 2.24) is 19.3 Å². The van der Waals surface area contributed by atoms with Crippen LogP contribution in [-0.2, 0) is 24.3 Å². The lowest BCUT2D eigenvalue weighted by Gasteiger charge is -2.13. The average molecular weight is 482 g/mol. The Labute approximate surface area is 200 Å². The van der Waals surface area contributed by atoms with E-state index in [1.54, 1.807) is 27.6 Å². The highest BCUT2D eigenvalue weighted by Gasteiger charge is 2.17. The fourth-order valence-electron chi connectivity index (χ4n) is 3.47. The molecule has 2 heterocycles. The summed E-state index contributed by atoms with van der Waals surface area (Å²) in [7, 11) is 0. The van der Waals surface area contributed by atoms with Crippen LogP contribution in [0.15, 0.2) is 64.7 Å². The summed E-state index contributed by atoms with van der Waals surface area (Å²) in [4.78, 5) is 30.6. The highest BCUT2D eigenvalue weighted by Crippen LogP contribution is 2.21. The molecule has 1 N–H and O–H groups in total. The second kappa shape index (κ2) is 10.2. The fourth-order valence-corrected chi connectivity index (χ4v) is 4.40. The molecule has 170 valence electrons. The molecule has 0 aliphatic heterocycles. The predicted octanol–water partition coefficient (Wildman–Crippen LogP) is 4.61. The standard InChI is InChI=1S/C24H24ClN5O2S/c1-3-17-7-5-6-8-19(17)26-21(31)15-33-24-27-20-14-29(4-2)28-22(20)23(32)30(24)13-16-9-11-18(25)12-10-16/h5-12,14H,3-4,13,15H2,1-2H3,(H,26,31). The summed E-state index contributed by atoms with van der Waals surface area (Å²) in [6.45, 7) is 4.94. The number of rotatable bonds is 8. The van der Waals surface area contributed by atoms with Gasteiger partial charge in [-0.3, -0.25) is 18.8 Å². The third-order valence-corrected chi connectivity index (χ3v) is 6.45. The van der Waals surface area contributed by atoms with E-state index >= 15 is 0 Å². The highest BCUT2D eigenvalue weighted by molar-refractivity contribution is 7.99. The Bertz CT molecular complexity index is 1350. The van der Waals surface area contributed by atoms with E-state index in [4.69, 9.17) is 11.6 Å². The van der Waals surface area contributed by atoms with Crippen LogP contribution in [0.5, 0.6) is 0 Å². The Morgan fingerprint density at radius 1 is 1.12 bits per heavy atom. The van der Waals surface area contributed by atoms with E-state index in [9.17, 15) is 9.59 Å². The topological polar surface area (TPSA) is 81.8 Å². The van der Waals surface area contributed by atoms with Crippen LogP contribution in [0, 0.1) is 0 Å². The second-order valence-electron chi connectivity index (χ2n) is 7.48. The molecule has 33 heavy (non-hydrogen) atoms. The number of halogens is 1. The minimum atomic E-state index is -0.235. The third kappa shape index (κ3) is 5.29. The number of carbonyl (C=O) groups is 1. The van der Waals surface area contributed by atoms with Gasteiger partial charge in [0.25, 0.3) is 5.56 Å². The maximum Gasteiger partial charge on any atom is 0.282 e. The SMILES string of the molecule is CCc1ccccc1NC(=O)CSc1nc2cn(CC)nc2c(=O)n1Cc1ccc(Cl)cc1. The molecule has 1 amide bonds. The van der Waals surface area contributed by atoms with Gasteiger partial charge in [-0.25, -0.2) is 4.98 Å². The smallest absolute Gasteiger partial charge is 0.282 e. The number of carbonyl (C=O) groups excluding carboxylic acids is 1. The maximum absolute atomic E-state index is 13.3. The summed E-state index contributed by atoms with van der Waals surface area (Å²) in [5.74, 6) is -0.0315.